The number of benzene rings is 1. The van der Waals surface area contributed by atoms with E-state index in [1.165, 1.54) is 0 Å². The summed E-state index contributed by atoms with van der Waals surface area (Å²) in [5.74, 6) is 0.281. The molecule has 1 aromatic carbocycles. The van der Waals surface area contributed by atoms with Crippen molar-refractivity contribution in [2.75, 3.05) is 32.1 Å². The fraction of sp³-hybridized carbons (Fsp3) is 0.533. The van der Waals surface area contributed by atoms with Crippen LogP contribution >= 0.6 is 0 Å². The molecule has 2 rings (SSSR count). The summed E-state index contributed by atoms with van der Waals surface area (Å²) >= 11 is 0. The Kier molecular flexibility index (Phi) is 4.43. The number of rotatable bonds is 3. The monoisotopic (exact) mass is 262 g/mol. The van der Waals surface area contributed by atoms with Crippen LogP contribution in [0.2, 0.25) is 0 Å². The number of aliphatic hydroxyl groups is 1. The van der Waals surface area contributed by atoms with Crippen molar-refractivity contribution in [1.82, 2.24) is 4.90 Å². The first-order chi connectivity index (χ1) is 9.15. The van der Waals surface area contributed by atoms with Crippen LogP contribution in [-0.2, 0) is 0 Å². The molecule has 0 radical (unpaired) electrons. The highest BCUT2D eigenvalue weighted by molar-refractivity contribution is 5.99. The molecule has 0 bridgehead atoms. The van der Waals surface area contributed by atoms with Gasteiger partial charge in [0.25, 0.3) is 5.91 Å². The van der Waals surface area contributed by atoms with Crippen LogP contribution in [0.5, 0.6) is 0 Å². The molecular formula is C15H22N2O2. The Hall–Kier alpha value is -1.55. The van der Waals surface area contributed by atoms with E-state index in [2.05, 4.69) is 5.32 Å². The van der Waals surface area contributed by atoms with Gasteiger partial charge in [0.05, 0.1) is 5.56 Å². The minimum Gasteiger partial charge on any atom is -0.396 e. The topological polar surface area (TPSA) is 52.6 Å². The van der Waals surface area contributed by atoms with Crippen molar-refractivity contribution in [1.29, 1.82) is 0 Å². The van der Waals surface area contributed by atoms with Crippen LogP contribution in [0.15, 0.2) is 18.2 Å². The molecule has 0 spiro atoms. The molecule has 1 unspecified atom stereocenters. The quantitative estimate of drug-likeness (QED) is 0.874. The van der Waals surface area contributed by atoms with Gasteiger partial charge in [-0.15, -0.1) is 0 Å². The molecule has 104 valence electrons. The summed E-state index contributed by atoms with van der Waals surface area (Å²) in [4.78, 5) is 14.4. The molecule has 1 fully saturated rings. The zero-order valence-electron chi connectivity index (χ0n) is 11.6. The number of nitrogens with one attached hydrogen (secondary N) is 1. The van der Waals surface area contributed by atoms with E-state index < -0.39 is 0 Å². The van der Waals surface area contributed by atoms with E-state index in [0.29, 0.717) is 12.1 Å². The van der Waals surface area contributed by atoms with Crippen molar-refractivity contribution in [3.63, 3.8) is 0 Å². The Balaban J connectivity index is 2.19. The predicted octanol–water partition coefficient (Wildman–Crippen LogP) is 1.88. The van der Waals surface area contributed by atoms with Gasteiger partial charge in [0.15, 0.2) is 0 Å². The third kappa shape index (κ3) is 3.07. The number of anilines is 1. The van der Waals surface area contributed by atoms with Crippen LogP contribution in [0.25, 0.3) is 0 Å². The molecule has 2 N–H and O–H groups in total. The van der Waals surface area contributed by atoms with E-state index >= 15 is 0 Å². The first kappa shape index (κ1) is 13.9. The molecule has 1 aromatic rings. The Morgan fingerprint density at radius 2 is 2.32 bits per heavy atom. The average Bonchev–Trinajstić information content (AvgIpc) is 2.46. The number of likely N-dealkylation sites (tertiary alicyclic amines) is 1. The molecule has 4 nitrogen and oxygen atoms in total. The fourth-order valence-electron chi connectivity index (χ4n) is 2.62. The molecule has 1 heterocycles. The number of hydrogen-bond donors (Lipinski definition) is 2. The highest BCUT2D eigenvalue weighted by Crippen LogP contribution is 2.22. The van der Waals surface area contributed by atoms with E-state index in [0.717, 1.165) is 30.6 Å². The summed E-state index contributed by atoms with van der Waals surface area (Å²) in [6.07, 6.45) is 1.98. The lowest BCUT2D eigenvalue weighted by molar-refractivity contribution is 0.0621. The van der Waals surface area contributed by atoms with Crippen molar-refractivity contribution < 1.29 is 9.90 Å². The third-order valence-corrected chi connectivity index (χ3v) is 3.74. The standard InChI is InChI=1S/C15H22N2O2/c1-11-5-6-13(14(8-11)16-2)15(19)17-7-3-4-12(9-17)10-18/h5-6,8,12,16,18H,3-4,7,9-10H2,1-2H3. The van der Waals surface area contributed by atoms with Crippen molar-refractivity contribution >= 4 is 11.6 Å². The summed E-state index contributed by atoms with van der Waals surface area (Å²) in [7, 11) is 1.83. The zero-order chi connectivity index (χ0) is 13.8. The van der Waals surface area contributed by atoms with Crippen molar-refractivity contribution in [3.05, 3.63) is 29.3 Å². The Morgan fingerprint density at radius 3 is 3.00 bits per heavy atom. The smallest absolute Gasteiger partial charge is 0.255 e. The van der Waals surface area contributed by atoms with E-state index in [-0.39, 0.29) is 18.4 Å². The van der Waals surface area contributed by atoms with Gasteiger partial charge in [-0.1, -0.05) is 6.07 Å². The van der Waals surface area contributed by atoms with Gasteiger partial charge in [-0.3, -0.25) is 4.79 Å². The van der Waals surface area contributed by atoms with Crippen molar-refractivity contribution in [3.8, 4) is 0 Å². The van der Waals surface area contributed by atoms with Gasteiger partial charge in [-0.25, -0.2) is 0 Å². The molecule has 4 heteroatoms. The minimum atomic E-state index is 0.0579. The lowest BCUT2D eigenvalue weighted by Crippen LogP contribution is -2.41. The van der Waals surface area contributed by atoms with Gasteiger partial charge in [0.2, 0.25) is 0 Å². The van der Waals surface area contributed by atoms with Gasteiger partial charge < -0.3 is 15.3 Å². The summed E-state index contributed by atoms with van der Waals surface area (Å²) in [6, 6.07) is 5.83. The number of carbonyl (C=O) groups excluding carboxylic acids is 1. The molecule has 1 aliphatic rings. The SMILES string of the molecule is CNc1cc(C)ccc1C(=O)N1CCCC(CO)C1. The van der Waals surface area contributed by atoms with Crippen LogP contribution in [0.3, 0.4) is 0 Å². The molecular weight excluding hydrogens is 240 g/mol. The van der Waals surface area contributed by atoms with Crippen molar-refractivity contribution in [2.24, 2.45) is 5.92 Å². The highest BCUT2D eigenvalue weighted by atomic mass is 16.3. The van der Waals surface area contributed by atoms with Crippen molar-refractivity contribution in [2.45, 2.75) is 19.8 Å². The lowest BCUT2D eigenvalue weighted by Gasteiger charge is -2.32. The number of carbonyl (C=O) groups is 1. The maximum Gasteiger partial charge on any atom is 0.255 e. The zero-order valence-corrected chi connectivity index (χ0v) is 11.6. The number of hydrogen-bond acceptors (Lipinski definition) is 3. The van der Waals surface area contributed by atoms with Gasteiger partial charge >= 0.3 is 0 Å². The fourth-order valence-corrected chi connectivity index (χ4v) is 2.62. The number of amides is 1. The Bertz CT molecular complexity index is 459. The molecule has 0 aliphatic carbocycles. The maximum absolute atomic E-state index is 12.6. The molecule has 1 saturated heterocycles. The van der Waals surface area contributed by atoms with Crippen LogP contribution in [-0.4, -0.2) is 42.7 Å². The summed E-state index contributed by atoms with van der Waals surface area (Å²) < 4.78 is 0. The summed E-state index contributed by atoms with van der Waals surface area (Å²) in [5.41, 5.74) is 2.72. The first-order valence-corrected chi connectivity index (χ1v) is 6.84. The predicted molar refractivity (Wildman–Crippen MR) is 76.4 cm³/mol. The van der Waals surface area contributed by atoms with E-state index in [1.54, 1.807) is 0 Å². The molecule has 1 aliphatic heterocycles. The number of nitrogens with zero attached hydrogens (tertiary/aromatic N) is 1. The number of aryl methyl sites for hydroxylation is 1. The van der Waals surface area contributed by atoms with E-state index in [1.807, 2.05) is 37.1 Å². The Labute approximate surface area is 114 Å². The summed E-state index contributed by atoms with van der Waals surface area (Å²) in [5, 5.41) is 12.3. The number of piperidine rings is 1. The average molecular weight is 262 g/mol. The maximum atomic E-state index is 12.6. The molecule has 1 amide bonds. The van der Waals surface area contributed by atoms with Gasteiger partial charge in [0.1, 0.15) is 0 Å². The number of aliphatic hydroxyl groups excluding tert-OH is 1. The second-order valence-corrected chi connectivity index (χ2v) is 5.24. The van der Waals surface area contributed by atoms with Crippen LogP contribution in [0, 0.1) is 12.8 Å². The van der Waals surface area contributed by atoms with Crippen LogP contribution in [0.4, 0.5) is 5.69 Å². The second-order valence-electron chi connectivity index (χ2n) is 5.24. The van der Waals surface area contributed by atoms with Crippen LogP contribution in [0.1, 0.15) is 28.8 Å². The third-order valence-electron chi connectivity index (χ3n) is 3.74. The second kappa shape index (κ2) is 6.06. The Morgan fingerprint density at radius 1 is 1.53 bits per heavy atom. The lowest BCUT2D eigenvalue weighted by atomic mass is 9.98. The molecule has 19 heavy (non-hydrogen) atoms. The molecule has 0 aromatic heterocycles. The van der Waals surface area contributed by atoms with E-state index in [4.69, 9.17) is 0 Å². The van der Waals surface area contributed by atoms with E-state index in [9.17, 15) is 9.90 Å². The molecule has 1 atom stereocenters. The normalized spacial score (nSPS) is 19.3. The van der Waals surface area contributed by atoms with Crippen LogP contribution < -0.4 is 5.32 Å². The summed E-state index contributed by atoms with van der Waals surface area (Å²) in [6.45, 7) is 3.62. The minimum absolute atomic E-state index is 0.0579. The van der Waals surface area contributed by atoms with Gasteiger partial charge in [0, 0.05) is 32.4 Å². The highest BCUT2D eigenvalue weighted by Gasteiger charge is 2.25. The van der Waals surface area contributed by atoms with Gasteiger partial charge in [-0.2, -0.15) is 0 Å². The largest absolute Gasteiger partial charge is 0.396 e. The molecule has 0 saturated carbocycles. The van der Waals surface area contributed by atoms with Gasteiger partial charge in [-0.05, 0) is 43.4 Å². The first-order valence-electron chi connectivity index (χ1n) is 6.84.